The minimum absolute atomic E-state index is 0.275. The van der Waals surface area contributed by atoms with Crippen LogP contribution in [0.25, 0.3) is 0 Å². The Kier molecular flexibility index (Phi) is 15.5. The third-order valence-corrected chi connectivity index (χ3v) is 5.41. The first-order valence-electron chi connectivity index (χ1n) is 11.8. The topological polar surface area (TPSA) is 116 Å². The van der Waals surface area contributed by atoms with Gasteiger partial charge in [0, 0.05) is 6.42 Å². The average Bonchev–Trinajstić information content (AvgIpc) is 2.76. The molecule has 0 saturated carbocycles. The van der Waals surface area contributed by atoms with Crippen LogP contribution in [0.15, 0.2) is 24.3 Å². The quantitative estimate of drug-likeness (QED) is 0.165. The van der Waals surface area contributed by atoms with Gasteiger partial charge in [-0.15, -0.1) is 0 Å². The lowest BCUT2D eigenvalue weighted by atomic mass is 9.99. The molecule has 5 atom stereocenters. The Hall–Kier alpha value is -1.25. The molecular weight excluding hydrogens is 400 g/mol. The Labute approximate surface area is 186 Å². The lowest BCUT2D eigenvalue weighted by Crippen LogP contribution is -2.58. The molecule has 4 N–H and O–H groups in total. The number of hydrogen-bond acceptors (Lipinski definition) is 7. The summed E-state index contributed by atoms with van der Waals surface area (Å²) in [6.07, 6.45) is 14.2. The third-order valence-electron chi connectivity index (χ3n) is 5.41. The van der Waals surface area contributed by atoms with Gasteiger partial charge in [0.1, 0.15) is 31.0 Å². The highest BCUT2D eigenvalue weighted by Gasteiger charge is 2.43. The standard InChI is InChI=1S/C24H42O7/c1-2-3-4-5-6-7-8-9-10-11-12-13-14-15-16-17-20(25)30-18-19-21(26)22(27)23(28)24(29)31-19/h6-7,10-11,19,21-24,26-29H,2-5,8-9,12-18H2,1H3/b7-6-,11-10-. The molecule has 0 radical (unpaired) electrons. The summed E-state index contributed by atoms with van der Waals surface area (Å²) < 4.78 is 10.0. The number of rotatable bonds is 16. The van der Waals surface area contributed by atoms with E-state index in [1.165, 1.54) is 25.7 Å². The Balaban J connectivity index is 1.97. The predicted octanol–water partition coefficient (Wildman–Crippen LogP) is 3.14. The molecule has 180 valence electrons. The molecule has 31 heavy (non-hydrogen) atoms. The number of unbranched alkanes of at least 4 members (excludes halogenated alkanes) is 8. The van der Waals surface area contributed by atoms with Gasteiger partial charge in [0.15, 0.2) is 6.29 Å². The SMILES string of the molecule is CCCCC/C=C\CC/C=C\CCCCCCC(=O)OCC1OC(O)C(O)C(O)C1O. The van der Waals surface area contributed by atoms with Crippen LogP contribution in [0.3, 0.4) is 0 Å². The molecule has 0 aromatic rings. The minimum atomic E-state index is -1.62. The van der Waals surface area contributed by atoms with Gasteiger partial charge in [0.25, 0.3) is 0 Å². The summed E-state index contributed by atoms with van der Waals surface area (Å²) in [6.45, 7) is 1.94. The van der Waals surface area contributed by atoms with Crippen molar-refractivity contribution in [2.45, 2.75) is 115 Å². The lowest BCUT2D eigenvalue weighted by Gasteiger charge is -2.37. The molecule has 0 aromatic carbocycles. The van der Waals surface area contributed by atoms with Crippen LogP contribution in [0.1, 0.15) is 84.0 Å². The molecule has 5 unspecified atom stereocenters. The number of hydrogen-bond donors (Lipinski definition) is 4. The average molecular weight is 443 g/mol. The van der Waals surface area contributed by atoms with Gasteiger partial charge in [0.2, 0.25) is 0 Å². The van der Waals surface area contributed by atoms with Crippen molar-refractivity contribution < 1.29 is 34.7 Å². The molecule has 1 saturated heterocycles. The van der Waals surface area contributed by atoms with E-state index < -0.39 is 36.7 Å². The molecule has 0 aromatic heterocycles. The Morgan fingerprint density at radius 2 is 1.35 bits per heavy atom. The highest BCUT2D eigenvalue weighted by atomic mass is 16.6. The number of carbonyl (C=O) groups excluding carboxylic acids is 1. The maximum atomic E-state index is 11.8. The fourth-order valence-electron chi connectivity index (χ4n) is 3.38. The maximum Gasteiger partial charge on any atom is 0.305 e. The lowest BCUT2D eigenvalue weighted by molar-refractivity contribution is -0.287. The van der Waals surface area contributed by atoms with Crippen LogP contribution < -0.4 is 0 Å². The number of esters is 1. The number of carbonyl (C=O) groups is 1. The van der Waals surface area contributed by atoms with Crippen LogP contribution in [0, 0.1) is 0 Å². The van der Waals surface area contributed by atoms with E-state index in [9.17, 15) is 25.2 Å². The predicted molar refractivity (Wildman–Crippen MR) is 119 cm³/mol. The van der Waals surface area contributed by atoms with E-state index in [1.54, 1.807) is 0 Å². The first kappa shape index (κ1) is 27.8. The zero-order valence-corrected chi connectivity index (χ0v) is 18.9. The molecule has 1 heterocycles. The van der Waals surface area contributed by atoms with E-state index in [0.717, 1.165) is 44.9 Å². The van der Waals surface area contributed by atoms with Gasteiger partial charge in [-0.2, -0.15) is 0 Å². The van der Waals surface area contributed by atoms with Gasteiger partial charge < -0.3 is 29.9 Å². The van der Waals surface area contributed by atoms with Gasteiger partial charge in [-0.25, -0.2) is 0 Å². The Morgan fingerprint density at radius 3 is 2.00 bits per heavy atom. The van der Waals surface area contributed by atoms with Crippen molar-refractivity contribution in [3.8, 4) is 0 Å². The number of aliphatic hydroxyl groups is 4. The number of aliphatic hydroxyl groups excluding tert-OH is 4. The number of allylic oxidation sites excluding steroid dienone is 4. The Bertz CT molecular complexity index is 520. The maximum absolute atomic E-state index is 11.8. The number of ether oxygens (including phenoxy) is 2. The van der Waals surface area contributed by atoms with Crippen LogP contribution in [-0.2, 0) is 14.3 Å². The molecule has 1 rings (SSSR count). The van der Waals surface area contributed by atoms with E-state index in [-0.39, 0.29) is 13.0 Å². The van der Waals surface area contributed by atoms with Crippen molar-refractivity contribution in [1.82, 2.24) is 0 Å². The second-order valence-electron chi connectivity index (χ2n) is 8.19. The molecule has 1 aliphatic heterocycles. The zero-order chi connectivity index (χ0) is 22.9. The zero-order valence-electron chi connectivity index (χ0n) is 18.9. The molecule has 0 aliphatic carbocycles. The van der Waals surface area contributed by atoms with Crippen molar-refractivity contribution in [2.24, 2.45) is 0 Å². The fraction of sp³-hybridized carbons (Fsp3) is 0.792. The van der Waals surface area contributed by atoms with Crippen LogP contribution >= 0.6 is 0 Å². The monoisotopic (exact) mass is 442 g/mol. The molecular formula is C24H42O7. The molecule has 0 amide bonds. The van der Waals surface area contributed by atoms with E-state index in [0.29, 0.717) is 0 Å². The van der Waals surface area contributed by atoms with E-state index >= 15 is 0 Å². The van der Waals surface area contributed by atoms with Crippen molar-refractivity contribution >= 4 is 5.97 Å². The van der Waals surface area contributed by atoms with Gasteiger partial charge in [-0.3, -0.25) is 4.79 Å². The van der Waals surface area contributed by atoms with Crippen LogP contribution in [0.2, 0.25) is 0 Å². The molecule has 0 bridgehead atoms. The summed E-state index contributed by atoms with van der Waals surface area (Å²) in [6, 6.07) is 0. The third kappa shape index (κ3) is 12.4. The van der Waals surface area contributed by atoms with E-state index in [4.69, 9.17) is 9.47 Å². The van der Waals surface area contributed by atoms with Gasteiger partial charge in [-0.05, 0) is 44.9 Å². The van der Waals surface area contributed by atoms with E-state index in [2.05, 4.69) is 31.2 Å². The summed E-state index contributed by atoms with van der Waals surface area (Å²) in [5.74, 6) is -0.409. The second kappa shape index (κ2) is 17.3. The molecule has 7 nitrogen and oxygen atoms in total. The van der Waals surface area contributed by atoms with Gasteiger partial charge in [-0.1, -0.05) is 56.9 Å². The van der Waals surface area contributed by atoms with Crippen molar-refractivity contribution in [1.29, 1.82) is 0 Å². The summed E-state index contributed by atoms with van der Waals surface area (Å²) in [5.41, 5.74) is 0. The van der Waals surface area contributed by atoms with Crippen molar-refractivity contribution in [3.63, 3.8) is 0 Å². The van der Waals surface area contributed by atoms with Gasteiger partial charge >= 0.3 is 5.97 Å². The Morgan fingerprint density at radius 1 is 0.774 bits per heavy atom. The van der Waals surface area contributed by atoms with Crippen LogP contribution in [0.5, 0.6) is 0 Å². The fourth-order valence-corrected chi connectivity index (χ4v) is 3.38. The smallest absolute Gasteiger partial charge is 0.305 e. The summed E-state index contributed by atoms with van der Waals surface area (Å²) >= 11 is 0. The first-order chi connectivity index (χ1) is 15.0. The normalized spacial score (nSPS) is 26.7. The highest BCUT2D eigenvalue weighted by molar-refractivity contribution is 5.69. The first-order valence-corrected chi connectivity index (χ1v) is 11.8. The van der Waals surface area contributed by atoms with Gasteiger partial charge in [0.05, 0.1) is 0 Å². The summed E-state index contributed by atoms with van der Waals surface area (Å²) in [4.78, 5) is 11.8. The summed E-state index contributed by atoms with van der Waals surface area (Å²) in [7, 11) is 0. The second-order valence-corrected chi connectivity index (χ2v) is 8.19. The van der Waals surface area contributed by atoms with Crippen LogP contribution in [-0.4, -0.2) is 63.7 Å². The van der Waals surface area contributed by atoms with E-state index in [1.807, 2.05) is 0 Å². The molecule has 1 aliphatic rings. The molecule has 7 heteroatoms. The highest BCUT2D eigenvalue weighted by Crippen LogP contribution is 2.20. The minimum Gasteiger partial charge on any atom is -0.463 e. The summed E-state index contributed by atoms with van der Waals surface area (Å²) in [5, 5.41) is 38.3. The molecule has 1 fully saturated rings. The van der Waals surface area contributed by atoms with Crippen molar-refractivity contribution in [3.05, 3.63) is 24.3 Å². The van der Waals surface area contributed by atoms with Crippen LogP contribution in [0.4, 0.5) is 0 Å². The van der Waals surface area contributed by atoms with Crippen molar-refractivity contribution in [2.75, 3.05) is 6.61 Å². The largest absolute Gasteiger partial charge is 0.463 e. The molecule has 0 spiro atoms.